The zero-order chi connectivity index (χ0) is 36.5. The molecular formula is C37H46FN5O8. The normalized spacial score (nSPS) is 19.9. The van der Waals surface area contributed by atoms with Crippen LogP contribution in [0.5, 0.6) is 17.2 Å². The summed E-state index contributed by atoms with van der Waals surface area (Å²) < 4.78 is 36.8. The number of carbonyl (C=O) groups excluding carboxylic acids is 3. The van der Waals surface area contributed by atoms with Crippen molar-refractivity contribution < 1.29 is 42.8 Å². The second kappa shape index (κ2) is 17.2. The fourth-order valence-electron chi connectivity index (χ4n) is 5.84. The third-order valence-electron chi connectivity index (χ3n) is 8.84. The van der Waals surface area contributed by atoms with Gasteiger partial charge in [-0.3, -0.25) is 4.79 Å². The highest BCUT2D eigenvalue weighted by Crippen LogP contribution is 2.34. The number of urea groups is 2. The lowest BCUT2D eigenvalue weighted by atomic mass is 10.0. The molecule has 0 fully saturated rings. The second-order valence-corrected chi connectivity index (χ2v) is 13.0. The van der Waals surface area contributed by atoms with Crippen LogP contribution in [0.2, 0.25) is 0 Å². The number of aliphatic hydroxyl groups excluding tert-OH is 1. The number of hydrogen-bond acceptors (Lipinski definition) is 8. The molecule has 2 aliphatic rings. The van der Waals surface area contributed by atoms with Gasteiger partial charge < -0.3 is 49.8 Å². The number of hydrogen-bond donors (Lipinski definition) is 4. The SMILES string of the molecule is C[C@@H]1CCCCO[C@H](CN(C)C(=O)Nc2ccc3c(c2)OCO3)[C@H](C)CN([C@H](C)CO)C(=O)c2cc(NC(=O)Nc3ccc(F)cc3)ccc2O1. The van der Waals surface area contributed by atoms with Gasteiger partial charge in [0, 0.05) is 55.8 Å². The van der Waals surface area contributed by atoms with Crippen molar-refractivity contribution in [3.63, 3.8) is 0 Å². The van der Waals surface area contributed by atoms with Crippen LogP contribution in [-0.2, 0) is 4.74 Å². The van der Waals surface area contributed by atoms with Gasteiger partial charge in [0.1, 0.15) is 11.6 Å². The molecule has 0 bridgehead atoms. The van der Waals surface area contributed by atoms with Crippen LogP contribution in [0.1, 0.15) is 50.4 Å². The lowest BCUT2D eigenvalue weighted by molar-refractivity contribution is -0.0115. The topological polar surface area (TPSA) is 151 Å². The number of ether oxygens (including phenoxy) is 4. The van der Waals surface area contributed by atoms with Crippen LogP contribution in [0.3, 0.4) is 0 Å². The predicted molar refractivity (Wildman–Crippen MR) is 190 cm³/mol. The van der Waals surface area contributed by atoms with E-state index in [2.05, 4.69) is 16.0 Å². The molecule has 0 aliphatic carbocycles. The zero-order valence-corrected chi connectivity index (χ0v) is 29.3. The summed E-state index contributed by atoms with van der Waals surface area (Å²) in [4.78, 5) is 43.5. The summed E-state index contributed by atoms with van der Waals surface area (Å²) in [5, 5.41) is 18.5. The van der Waals surface area contributed by atoms with Crippen LogP contribution in [0, 0.1) is 11.7 Å². The molecule has 4 N–H and O–H groups in total. The van der Waals surface area contributed by atoms with E-state index in [1.54, 1.807) is 55.3 Å². The Labute approximate surface area is 297 Å². The number of benzene rings is 3. The van der Waals surface area contributed by atoms with Crippen molar-refractivity contribution in [3.05, 3.63) is 72.0 Å². The van der Waals surface area contributed by atoms with E-state index in [1.807, 2.05) is 13.8 Å². The van der Waals surface area contributed by atoms with Crippen molar-refractivity contribution in [1.82, 2.24) is 9.80 Å². The smallest absolute Gasteiger partial charge is 0.323 e. The highest BCUT2D eigenvalue weighted by molar-refractivity contribution is 6.02. The van der Waals surface area contributed by atoms with Crippen LogP contribution in [0.4, 0.5) is 31.0 Å². The van der Waals surface area contributed by atoms with Gasteiger partial charge in [-0.1, -0.05) is 6.92 Å². The first kappa shape index (κ1) is 37.2. The van der Waals surface area contributed by atoms with E-state index in [9.17, 15) is 23.9 Å². The number of fused-ring (bicyclic) bond motifs is 2. The van der Waals surface area contributed by atoms with Crippen molar-refractivity contribution in [2.45, 2.75) is 58.3 Å². The summed E-state index contributed by atoms with van der Waals surface area (Å²) in [6.45, 7) is 6.33. The second-order valence-electron chi connectivity index (χ2n) is 13.0. The molecule has 3 aromatic carbocycles. The molecule has 0 radical (unpaired) electrons. The highest BCUT2D eigenvalue weighted by Gasteiger charge is 2.31. The quantitative estimate of drug-likeness (QED) is 0.228. The Morgan fingerprint density at radius 3 is 2.35 bits per heavy atom. The maximum atomic E-state index is 14.4. The van der Waals surface area contributed by atoms with E-state index in [4.69, 9.17) is 18.9 Å². The maximum Gasteiger partial charge on any atom is 0.323 e. The molecule has 13 nitrogen and oxygen atoms in total. The number of rotatable bonds is 7. The highest BCUT2D eigenvalue weighted by atomic mass is 19.1. The molecule has 2 aliphatic heterocycles. The minimum atomic E-state index is -0.579. The van der Waals surface area contributed by atoms with Gasteiger partial charge in [-0.2, -0.15) is 0 Å². The molecular weight excluding hydrogens is 661 g/mol. The molecule has 4 atom stereocenters. The van der Waals surface area contributed by atoms with Gasteiger partial charge in [0.25, 0.3) is 5.91 Å². The van der Waals surface area contributed by atoms with Crippen LogP contribution in [0.25, 0.3) is 0 Å². The maximum absolute atomic E-state index is 14.4. The number of carbonyl (C=O) groups is 3. The first-order chi connectivity index (χ1) is 24.5. The Bertz CT molecular complexity index is 1680. The van der Waals surface area contributed by atoms with Gasteiger partial charge in [-0.25, -0.2) is 14.0 Å². The third-order valence-corrected chi connectivity index (χ3v) is 8.84. The van der Waals surface area contributed by atoms with Gasteiger partial charge in [-0.15, -0.1) is 0 Å². The minimum Gasteiger partial charge on any atom is -0.490 e. The molecule has 274 valence electrons. The van der Waals surface area contributed by atoms with Gasteiger partial charge in [0.15, 0.2) is 11.5 Å². The van der Waals surface area contributed by atoms with E-state index in [-0.39, 0.29) is 50.1 Å². The number of likely N-dealkylation sites (N-methyl/N-ethyl adjacent to an activating group) is 1. The number of anilines is 3. The standard InChI is InChI=1S/C37H46FN5O8/c1-23-19-43(24(2)21-44)35(45)30-17-28(40-36(46)39-27-10-8-26(38)9-11-27)12-14-31(30)51-25(3)7-5-6-16-48-34(23)20-42(4)37(47)41-29-13-15-32-33(18-29)50-22-49-32/h8-15,17-18,23-25,34,44H,5-7,16,19-22H2,1-4H3,(H,41,47)(H2,39,40,46)/t23-,24-,25-,34-/m1/s1. The number of amides is 5. The molecule has 3 aromatic rings. The number of nitrogens with zero attached hydrogens (tertiary/aromatic N) is 2. The fraction of sp³-hybridized carbons (Fsp3) is 0.432. The van der Waals surface area contributed by atoms with Crippen molar-refractivity contribution in [3.8, 4) is 17.2 Å². The molecule has 0 saturated carbocycles. The lowest BCUT2D eigenvalue weighted by Gasteiger charge is -2.35. The van der Waals surface area contributed by atoms with E-state index >= 15 is 0 Å². The average molecular weight is 708 g/mol. The summed E-state index contributed by atoms with van der Waals surface area (Å²) in [6.07, 6.45) is 1.59. The molecule has 0 spiro atoms. The van der Waals surface area contributed by atoms with Crippen molar-refractivity contribution in [2.24, 2.45) is 5.92 Å². The molecule has 0 saturated heterocycles. The van der Waals surface area contributed by atoms with Crippen LogP contribution in [-0.4, -0.2) is 91.3 Å². The first-order valence-corrected chi connectivity index (χ1v) is 17.1. The Kier molecular flexibility index (Phi) is 12.6. The Balaban J connectivity index is 1.34. The third kappa shape index (κ3) is 10.0. The molecule has 5 rings (SSSR count). The van der Waals surface area contributed by atoms with E-state index in [0.717, 1.165) is 12.8 Å². The molecule has 51 heavy (non-hydrogen) atoms. The average Bonchev–Trinajstić information content (AvgIpc) is 3.58. The molecule has 2 heterocycles. The lowest BCUT2D eigenvalue weighted by Crippen LogP contribution is -2.48. The number of halogens is 1. The number of aliphatic hydroxyl groups is 1. The minimum absolute atomic E-state index is 0.129. The summed E-state index contributed by atoms with van der Waals surface area (Å²) in [5.41, 5.74) is 1.50. The molecule has 0 aromatic heterocycles. The summed E-state index contributed by atoms with van der Waals surface area (Å²) >= 11 is 0. The van der Waals surface area contributed by atoms with Gasteiger partial charge in [-0.05, 0) is 87.7 Å². The first-order valence-electron chi connectivity index (χ1n) is 17.1. The van der Waals surface area contributed by atoms with Crippen molar-refractivity contribution in [1.29, 1.82) is 0 Å². The van der Waals surface area contributed by atoms with Crippen molar-refractivity contribution >= 4 is 35.0 Å². The summed E-state index contributed by atoms with van der Waals surface area (Å²) in [5.74, 6) is 0.422. The van der Waals surface area contributed by atoms with Gasteiger partial charge in [0.05, 0.1) is 30.4 Å². The molecule has 5 amide bonds. The fourth-order valence-corrected chi connectivity index (χ4v) is 5.84. The van der Waals surface area contributed by atoms with E-state index in [1.165, 1.54) is 29.2 Å². The van der Waals surface area contributed by atoms with Crippen LogP contribution >= 0.6 is 0 Å². The molecule has 0 unspecified atom stereocenters. The zero-order valence-electron chi connectivity index (χ0n) is 29.3. The molecule has 14 heteroatoms. The Hall–Kier alpha value is -5.08. The predicted octanol–water partition coefficient (Wildman–Crippen LogP) is 6.16. The Morgan fingerprint density at radius 1 is 0.941 bits per heavy atom. The van der Waals surface area contributed by atoms with Gasteiger partial charge in [0.2, 0.25) is 6.79 Å². The number of nitrogens with one attached hydrogen (secondary N) is 3. The van der Waals surface area contributed by atoms with E-state index in [0.29, 0.717) is 47.3 Å². The monoisotopic (exact) mass is 707 g/mol. The summed E-state index contributed by atoms with van der Waals surface area (Å²) in [7, 11) is 1.68. The van der Waals surface area contributed by atoms with Crippen LogP contribution in [0.15, 0.2) is 60.7 Å². The van der Waals surface area contributed by atoms with Gasteiger partial charge >= 0.3 is 12.1 Å². The summed E-state index contributed by atoms with van der Waals surface area (Å²) in [6, 6.07) is 13.9. The Morgan fingerprint density at radius 2 is 1.61 bits per heavy atom. The largest absolute Gasteiger partial charge is 0.490 e. The van der Waals surface area contributed by atoms with Crippen molar-refractivity contribution in [2.75, 3.05) is 56.1 Å². The van der Waals surface area contributed by atoms with Crippen LogP contribution < -0.4 is 30.2 Å². The van der Waals surface area contributed by atoms with E-state index < -0.39 is 29.9 Å².